The third-order valence-corrected chi connectivity index (χ3v) is 7.41. The van der Waals surface area contributed by atoms with Crippen LogP contribution in [0.15, 0.2) is 72.9 Å². The van der Waals surface area contributed by atoms with E-state index in [1.807, 2.05) is 30.3 Å². The topological polar surface area (TPSA) is 82.0 Å². The number of methoxy groups -OCH3 is 1. The maximum atomic E-state index is 13.4. The predicted octanol–water partition coefficient (Wildman–Crippen LogP) is 4.30. The van der Waals surface area contributed by atoms with Crippen molar-refractivity contribution < 1.29 is 37.2 Å². The average molecular weight is 547 g/mol. The van der Waals surface area contributed by atoms with Crippen LogP contribution in [0.3, 0.4) is 0 Å². The number of pyridine rings is 1. The molecule has 0 bridgehead atoms. The molecular weight excluding hydrogens is 519 g/mol. The van der Waals surface area contributed by atoms with Gasteiger partial charge in [-0.1, -0.05) is 30.3 Å². The van der Waals surface area contributed by atoms with Crippen LogP contribution in [0.1, 0.15) is 28.6 Å². The molecule has 38 heavy (non-hydrogen) atoms. The second-order valence-electron chi connectivity index (χ2n) is 8.60. The lowest BCUT2D eigenvalue weighted by Gasteiger charge is -2.24. The molecule has 200 valence electrons. The van der Waals surface area contributed by atoms with Crippen LogP contribution < -0.4 is 19.8 Å². The molecule has 2 N–H and O–H groups in total. The highest BCUT2D eigenvalue weighted by Crippen LogP contribution is 2.45. The summed E-state index contributed by atoms with van der Waals surface area (Å²) in [5.41, 5.74) is 2.27. The number of hydrogen-bond acceptors (Lipinski definition) is 5. The molecule has 1 aromatic heterocycles. The van der Waals surface area contributed by atoms with Crippen LogP contribution in [0.2, 0.25) is 0 Å². The normalized spacial score (nSPS) is 17.4. The average Bonchev–Trinajstić information content (AvgIpc) is 3.21. The number of nitrogens with zero attached hydrogens (tertiary/aromatic N) is 1. The Morgan fingerprint density at radius 1 is 1.08 bits per heavy atom. The van der Waals surface area contributed by atoms with Gasteiger partial charge in [-0.15, -0.1) is 24.9 Å². The molecule has 1 saturated heterocycles. The van der Waals surface area contributed by atoms with E-state index in [9.17, 15) is 22.8 Å². The molecule has 2 atom stereocenters. The van der Waals surface area contributed by atoms with Gasteiger partial charge in [0.15, 0.2) is 11.9 Å². The van der Waals surface area contributed by atoms with Crippen LogP contribution in [0.4, 0.5) is 13.2 Å². The highest BCUT2D eigenvalue weighted by Gasteiger charge is 2.42. The molecule has 4 rings (SSSR count). The second-order valence-corrected chi connectivity index (χ2v) is 9.88. The van der Waals surface area contributed by atoms with E-state index in [4.69, 9.17) is 4.74 Å². The van der Waals surface area contributed by atoms with Gasteiger partial charge in [-0.25, -0.2) is 4.98 Å². The molecule has 2 aromatic carbocycles. The van der Waals surface area contributed by atoms with E-state index in [1.165, 1.54) is 30.0 Å². The van der Waals surface area contributed by atoms with E-state index in [1.54, 1.807) is 36.4 Å². The number of carbonyl (C=O) groups excluding carboxylic acids is 2. The third kappa shape index (κ3) is 7.41. The van der Waals surface area contributed by atoms with E-state index in [0.29, 0.717) is 30.8 Å². The fraction of sp³-hybridized carbons (Fsp3) is 0.296. The van der Waals surface area contributed by atoms with E-state index in [2.05, 4.69) is 15.0 Å². The lowest BCUT2D eigenvalue weighted by Crippen LogP contribution is -2.35. The number of amides is 2. The van der Waals surface area contributed by atoms with Gasteiger partial charge in [0.25, 0.3) is 0 Å². The number of thioether (sulfide) groups is 1. The quantitative estimate of drug-likeness (QED) is 0.410. The first kappa shape index (κ1) is 27.3. The van der Waals surface area contributed by atoms with E-state index >= 15 is 0 Å². The highest BCUT2D eigenvalue weighted by atomic mass is 32.2. The predicted molar refractivity (Wildman–Crippen MR) is 135 cm³/mol. The molecule has 7 nitrogen and oxygen atoms in total. The van der Waals surface area contributed by atoms with Crippen molar-refractivity contribution in [2.45, 2.75) is 36.4 Å². The molecule has 2 unspecified atom stereocenters. The Bertz CT molecular complexity index is 1240. The summed E-state index contributed by atoms with van der Waals surface area (Å²) in [5, 5.41) is 1.59. The fourth-order valence-corrected chi connectivity index (χ4v) is 5.56. The number of aromatic amines is 1. The third-order valence-electron chi connectivity index (χ3n) is 5.93. The Kier molecular flexibility index (Phi) is 8.77. The Morgan fingerprint density at radius 2 is 1.87 bits per heavy atom. The molecule has 1 fully saturated rings. The van der Waals surface area contributed by atoms with Gasteiger partial charge in [0.1, 0.15) is 16.9 Å². The first-order valence-corrected chi connectivity index (χ1v) is 12.8. The molecule has 0 aliphatic carbocycles. The summed E-state index contributed by atoms with van der Waals surface area (Å²) in [6.45, 7) is 0.619. The number of aromatic nitrogens is 1. The van der Waals surface area contributed by atoms with Gasteiger partial charge in [-0.3, -0.25) is 9.59 Å². The molecule has 0 spiro atoms. The SMILES string of the molecule is COc1ccc(CNC(=O)CC2SC(c3cccc(OC(F)(F)F)c3)N(CCc3cccc[nH+]3)C2=O)cc1. The number of benzene rings is 2. The van der Waals surface area contributed by atoms with Gasteiger partial charge in [0.2, 0.25) is 11.8 Å². The number of alkyl halides is 3. The summed E-state index contributed by atoms with van der Waals surface area (Å²) in [6.07, 6.45) is -2.59. The molecular formula is C27H27F3N3O4S+. The maximum Gasteiger partial charge on any atom is 0.573 e. The van der Waals surface area contributed by atoms with Gasteiger partial charge >= 0.3 is 6.36 Å². The summed E-state index contributed by atoms with van der Waals surface area (Å²) < 4.78 is 47.6. The molecule has 2 heterocycles. The van der Waals surface area contributed by atoms with E-state index < -0.39 is 17.0 Å². The van der Waals surface area contributed by atoms with Crippen LogP contribution >= 0.6 is 11.8 Å². The van der Waals surface area contributed by atoms with Crippen molar-refractivity contribution >= 4 is 23.6 Å². The standard InChI is InChI=1S/C27H26F3N3O4S/c1-36-21-10-8-18(9-11-21)17-32-24(34)16-23-25(35)33(14-12-20-6-2-3-13-31-20)26(38-23)19-5-4-7-22(15-19)37-27(28,29)30/h2-11,13,15,23,26H,12,14,16-17H2,1H3,(H,32,34)/p+1. The van der Waals surface area contributed by atoms with Crippen LogP contribution in [-0.2, 0) is 22.6 Å². The number of halogens is 3. The van der Waals surface area contributed by atoms with Crippen molar-refractivity contribution in [3.63, 3.8) is 0 Å². The smallest absolute Gasteiger partial charge is 0.497 e. The maximum absolute atomic E-state index is 13.4. The van der Waals surface area contributed by atoms with E-state index in [0.717, 1.165) is 11.3 Å². The zero-order chi connectivity index (χ0) is 27.1. The summed E-state index contributed by atoms with van der Waals surface area (Å²) >= 11 is 1.25. The van der Waals surface area contributed by atoms with Crippen molar-refractivity contribution in [3.05, 3.63) is 89.7 Å². The molecule has 3 aromatic rings. The summed E-state index contributed by atoms with van der Waals surface area (Å²) in [4.78, 5) is 30.8. The Morgan fingerprint density at radius 3 is 2.55 bits per heavy atom. The van der Waals surface area contributed by atoms with Crippen molar-refractivity contribution in [2.24, 2.45) is 0 Å². The van der Waals surface area contributed by atoms with Crippen LogP contribution in [0.25, 0.3) is 0 Å². The van der Waals surface area contributed by atoms with Gasteiger partial charge in [0, 0.05) is 31.6 Å². The molecule has 1 aliphatic rings. The number of ether oxygens (including phenoxy) is 2. The molecule has 0 saturated carbocycles. The second kappa shape index (κ2) is 12.2. The zero-order valence-electron chi connectivity index (χ0n) is 20.5. The van der Waals surface area contributed by atoms with Gasteiger partial charge < -0.3 is 19.7 Å². The van der Waals surface area contributed by atoms with Crippen molar-refractivity contribution in [1.82, 2.24) is 10.2 Å². The number of carbonyl (C=O) groups is 2. The van der Waals surface area contributed by atoms with Gasteiger partial charge in [-0.05, 0) is 35.4 Å². The minimum atomic E-state index is -4.83. The minimum Gasteiger partial charge on any atom is -0.497 e. The zero-order valence-corrected chi connectivity index (χ0v) is 21.4. The molecule has 11 heteroatoms. The number of rotatable bonds is 10. The first-order chi connectivity index (χ1) is 18.2. The number of H-pyrrole nitrogens is 1. The molecule has 2 amide bonds. The number of hydrogen-bond donors (Lipinski definition) is 1. The number of nitrogens with one attached hydrogen (secondary N) is 2. The van der Waals surface area contributed by atoms with Crippen LogP contribution in [0.5, 0.6) is 11.5 Å². The molecule has 0 radical (unpaired) electrons. The summed E-state index contributed by atoms with van der Waals surface area (Å²) in [5.74, 6) is -0.187. The fourth-order valence-electron chi connectivity index (χ4n) is 4.09. The van der Waals surface area contributed by atoms with Gasteiger partial charge in [-0.2, -0.15) is 0 Å². The Hall–Kier alpha value is -3.73. The summed E-state index contributed by atoms with van der Waals surface area (Å²) in [6, 6.07) is 18.5. The van der Waals surface area contributed by atoms with E-state index in [-0.39, 0.29) is 24.0 Å². The highest BCUT2D eigenvalue weighted by molar-refractivity contribution is 8.01. The molecule has 1 aliphatic heterocycles. The monoisotopic (exact) mass is 546 g/mol. The Balaban J connectivity index is 1.46. The lowest BCUT2D eigenvalue weighted by atomic mass is 10.1. The first-order valence-electron chi connectivity index (χ1n) is 11.9. The van der Waals surface area contributed by atoms with Crippen LogP contribution in [0, 0.1) is 0 Å². The lowest BCUT2D eigenvalue weighted by molar-refractivity contribution is -0.390. The Labute approximate surface area is 222 Å². The minimum absolute atomic E-state index is 0.0527. The van der Waals surface area contributed by atoms with Gasteiger partial charge in [0.05, 0.1) is 18.8 Å². The van der Waals surface area contributed by atoms with Crippen molar-refractivity contribution in [3.8, 4) is 11.5 Å². The summed E-state index contributed by atoms with van der Waals surface area (Å²) in [7, 11) is 1.57. The largest absolute Gasteiger partial charge is 0.573 e. The van der Waals surface area contributed by atoms with Crippen molar-refractivity contribution in [2.75, 3.05) is 13.7 Å². The van der Waals surface area contributed by atoms with Crippen LogP contribution in [-0.4, -0.2) is 42.0 Å². The van der Waals surface area contributed by atoms with Crippen molar-refractivity contribution in [1.29, 1.82) is 0 Å².